The van der Waals surface area contributed by atoms with Crippen molar-refractivity contribution in [1.82, 2.24) is 0 Å². The maximum Gasteiger partial charge on any atom is 0.419 e. The third-order valence-corrected chi connectivity index (χ3v) is 2.02. The molecule has 7 heteroatoms. The number of ketones is 1. The number of carbonyl (C=O) groups excluding carboxylic acids is 1. The molecule has 0 aliphatic rings. The number of alkyl halides is 5. The topological polar surface area (TPSA) is 26.3 Å². The van der Waals surface area contributed by atoms with Crippen molar-refractivity contribution in [3.8, 4) is 5.75 Å². The van der Waals surface area contributed by atoms with Gasteiger partial charge in [-0.05, 0) is 24.6 Å². The van der Waals surface area contributed by atoms with Crippen LogP contribution in [0.15, 0.2) is 18.2 Å². The van der Waals surface area contributed by atoms with Crippen LogP contribution in [0.4, 0.5) is 22.0 Å². The lowest BCUT2D eigenvalue weighted by Crippen LogP contribution is -2.12. The monoisotopic (exact) mass is 268 g/mol. The highest BCUT2D eigenvalue weighted by Crippen LogP contribution is 2.37. The first-order valence-electron chi connectivity index (χ1n) is 4.84. The van der Waals surface area contributed by atoms with Crippen LogP contribution < -0.4 is 4.74 Å². The average molecular weight is 268 g/mol. The molecule has 0 unspecified atom stereocenters. The normalized spacial score (nSPS) is 11.7. The summed E-state index contributed by atoms with van der Waals surface area (Å²) in [5, 5.41) is 0. The molecule has 18 heavy (non-hydrogen) atoms. The van der Waals surface area contributed by atoms with Crippen molar-refractivity contribution in [3.05, 3.63) is 29.3 Å². The fourth-order valence-electron chi connectivity index (χ4n) is 1.39. The van der Waals surface area contributed by atoms with E-state index in [1.807, 2.05) is 0 Å². The summed E-state index contributed by atoms with van der Waals surface area (Å²) >= 11 is 0. The Morgan fingerprint density at radius 3 is 2.39 bits per heavy atom. The number of hydrogen-bond donors (Lipinski definition) is 0. The van der Waals surface area contributed by atoms with Gasteiger partial charge >= 0.3 is 12.8 Å². The van der Waals surface area contributed by atoms with E-state index in [0.29, 0.717) is 6.07 Å². The Morgan fingerprint density at radius 1 is 1.33 bits per heavy atom. The van der Waals surface area contributed by atoms with Gasteiger partial charge in [-0.3, -0.25) is 4.79 Å². The predicted molar refractivity (Wildman–Crippen MR) is 52.5 cm³/mol. The Hall–Kier alpha value is -1.66. The van der Waals surface area contributed by atoms with Crippen LogP contribution in [0.5, 0.6) is 5.75 Å². The summed E-state index contributed by atoms with van der Waals surface area (Å²) in [6, 6.07) is 2.48. The molecule has 0 saturated carbocycles. The van der Waals surface area contributed by atoms with Crippen LogP contribution in [0.2, 0.25) is 0 Å². The van der Waals surface area contributed by atoms with E-state index in [4.69, 9.17) is 0 Å². The van der Waals surface area contributed by atoms with Gasteiger partial charge in [-0.1, -0.05) is 6.07 Å². The Balaban J connectivity index is 3.16. The summed E-state index contributed by atoms with van der Waals surface area (Å²) < 4.78 is 65.4. The Labute approximate surface area is 99.4 Å². The lowest BCUT2D eigenvalue weighted by molar-refractivity contribution is -0.141. The minimum absolute atomic E-state index is 0.141. The summed E-state index contributed by atoms with van der Waals surface area (Å²) in [5.41, 5.74) is -1.11. The van der Waals surface area contributed by atoms with Crippen LogP contribution in [-0.4, -0.2) is 12.4 Å². The Kier molecular flexibility index (Phi) is 4.26. The van der Waals surface area contributed by atoms with Gasteiger partial charge < -0.3 is 4.74 Å². The van der Waals surface area contributed by atoms with E-state index in [2.05, 4.69) is 4.74 Å². The van der Waals surface area contributed by atoms with Crippen LogP contribution in [0.25, 0.3) is 0 Å². The van der Waals surface area contributed by atoms with Gasteiger partial charge in [0.15, 0.2) is 0 Å². The third kappa shape index (κ3) is 3.97. The summed E-state index contributed by atoms with van der Waals surface area (Å²) in [4.78, 5) is 10.8. The van der Waals surface area contributed by atoms with E-state index in [1.54, 1.807) is 0 Å². The van der Waals surface area contributed by atoms with E-state index < -0.39 is 24.1 Å². The van der Waals surface area contributed by atoms with Gasteiger partial charge in [0.05, 0.1) is 5.56 Å². The zero-order valence-corrected chi connectivity index (χ0v) is 9.22. The first-order valence-corrected chi connectivity index (χ1v) is 4.84. The van der Waals surface area contributed by atoms with Gasteiger partial charge in [0.2, 0.25) is 0 Å². The molecule has 1 aromatic rings. The van der Waals surface area contributed by atoms with Crippen molar-refractivity contribution < 1.29 is 31.5 Å². The largest absolute Gasteiger partial charge is 0.434 e. The number of benzene rings is 1. The van der Waals surface area contributed by atoms with E-state index in [1.165, 1.54) is 6.92 Å². The van der Waals surface area contributed by atoms with Crippen molar-refractivity contribution >= 4 is 5.78 Å². The van der Waals surface area contributed by atoms with Crippen molar-refractivity contribution in [3.63, 3.8) is 0 Å². The molecule has 0 N–H and O–H groups in total. The van der Waals surface area contributed by atoms with Gasteiger partial charge in [-0.15, -0.1) is 0 Å². The van der Waals surface area contributed by atoms with Crippen molar-refractivity contribution in [2.75, 3.05) is 0 Å². The number of ether oxygens (including phenoxy) is 1. The van der Waals surface area contributed by atoms with Crippen molar-refractivity contribution in [1.29, 1.82) is 0 Å². The second-order valence-electron chi connectivity index (χ2n) is 3.59. The van der Waals surface area contributed by atoms with E-state index in [-0.39, 0.29) is 17.8 Å². The van der Waals surface area contributed by atoms with Crippen molar-refractivity contribution in [2.24, 2.45) is 0 Å². The highest BCUT2D eigenvalue weighted by Gasteiger charge is 2.35. The minimum atomic E-state index is -4.79. The molecule has 0 heterocycles. The molecule has 0 amide bonds. The quantitative estimate of drug-likeness (QED) is 0.782. The number of Topliss-reactive ketones (excluding diaryl/α,β-unsaturated/α-hetero) is 1. The van der Waals surface area contributed by atoms with Crippen molar-refractivity contribution in [2.45, 2.75) is 26.1 Å². The molecule has 0 atom stereocenters. The highest BCUT2D eigenvalue weighted by molar-refractivity contribution is 5.78. The smallest absolute Gasteiger partial charge is 0.419 e. The zero-order valence-electron chi connectivity index (χ0n) is 9.22. The molecule has 100 valence electrons. The molecule has 1 rings (SSSR count). The molecular weight excluding hydrogens is 259 g/mol. The molecule has 0 spiro atoms. The van der Waals surface area contributed by atoms with E-state index >= 15 is 0 Å². The van der Waals surface area contributed by atoms with E-state index in [9.17, 15) is 26.7 Å². The number of carbonyl (C=O) groups is 1. The first-order chi connectivity index (χ1) is 8.20. The molecule has 1 aromatic carbocycles. The molecule has 0 aliphatic carbocycles. The van der Waals surface area contributed by atoms with Gasteiger partial charge in [0, 0.05) is 6.42 Å². The number of hydrogen-bond acceptors (Lipinski definition) is 2. The average Bonchev–Trinajstić information content (AvgIpc) is 2.13. The molecule has 0 aromatic heterocycles. The summed E-state index contributed by atoms with van der Waals surface area (Å²) in [6.07, 6.45) is -4.93. The second-order valence-corrected chi connectivity index (χ2v) is 3.59. The fraction of sp³-hybridized carbons (Fsp3) is 0.364. The first kappa shape index (κ1) is 14.4. The van der Waals surface area contributed by atoms with Crippen LogP contribution in [0, 0.1) is 0 Å². The molecule has 0 aliphatic heterocycles. The van der Waals surface area contributed by atoms with E-state index in [0.717, 1.165) is 12.1 Å². The van der Waals surface area contributed by atoms with Gasteiger partial charge in [0.1, 0.15) is 11.5 Å². The summed E-state index contributed by atoms with van der Waals surface area (Å²) in [5.74, 6) is -1.27. The predicted octanol–water partition coefficient (Wildman–Crippen LogP) is 3.44. The van der Waals surface area contributed by atoms with Crippen LogP contribution >= 0.6 is 0 Å². The lowest BCUT2D eigenvalue weighted by atomic mass is 10.1. The zero-order chi connectivity index (χ0) is 13.9. The molecular formula is C11H9F5O2. The van der Waals surface area contributed by atoms with Crippen LogP contribution in [0.1, 0.15) is 18.1 Å². The Morgan fingerprint density at radius 2 is 1.94 bits per heavy atom. The maximum absolute atomic E-state index is 12.5. The SMILES string of the molecule is CC(=O)Cc1ccc(C(F)(F)F)c(OC(F)F)c1. The van der Waals surface area contributed by atoms with Crippen LogP contribution in [-0.2, 0) is 17.4 Å². The fourth-order valence-corrected chi connectivity index (χ4v) is 1.39. The van der Waals surface area contributed by atoms with Crippen LogP contribution in [0.3, 0.4) is 0 Å². The molecule has 0 bridgehead atoms. The van der Waals surface area contributed by atoms with Gasteiger partial charge in [0.25, 0.3) is 0 Å². The highest BCUT2D eigenvalue weighted by atomic mass is 19.4. The minimum Gasteiger partial charge on any atom is -0.434 e. The lowest BCUT2D eigenvalue weighted by Gasteiger charge is -2.14. The molecule has 2 nitrogen and oxygen atoms in total. The molecule has 0 radical (unpaired) electrons. The van der Waals surface area contributed by atoms with Gasteiger partial charge in [-0.2, -0.15) is 22.0 Å². The summed E-state index contributed by atoms with van der Waals surface area (Å²) in [6.45, 7) is -2.12. The molecule has 0 fully saturated rings. The maximum atomic E-state index is 12.5. The second kappa shape index (κ2) is 5.32. The number of rotatable bonds is 4. The number of halogens is 5. The summed E-state index contributed by atoms with van der Waals surface area (Å²) in [7, 11) is 0. The third-order valence-electron chi connectivity index (χ3n) is 2.02. The molecule has 0 saturated heterocycles. The standard InChI is InChI=1S/C11H9F5O2/c1-6(17)4-7-2-3-8(11(14,15)16)9(5-7)18-10(12)13/h2-3,5,10H,4H2,1H3. The Bertz CT molecular complexity index is 440. The van der Waals surface area contributed by atoms with Gasteiger partial charge in [-0.25, -0.2) is 0 Å².